The first-order valence-electron chi connectivity index (χ1n) is 6.67. The molecule has 1 aliphatic rings. The van der Waals surface area contributed by atoms with Gasteiger partial charge in [-0.3, -0.25) is 9.59 Å². The van der Waals surface area contributed by atoms with E-state index in [1.807, 2.05) is 0 Å². The molecule has 0 aromatic carbocycles. The normalized spacial score (nSPS) is 35.8. The van der Waals surface area contributed by atoms with Crippen molar-refractivity contribution in [2.45, 2.75) is 49.7 Å². The van der Waals surface area contributed by atoms with E-state index in [1.165, 1.54) is 0 Å². The number of ether oxygens (including phenoxy) is 1. The van der Waals surface area contributed by atoms with Crippen molar-refractivity contribution in [2.75, 3.05) is 6.61 Å². The monoisotopic (exact) mass is 320 g/mol. The van der Waals surface area contributed by atoms with Crippen LogP contribution in [0.25, 0.3) is 0 Å². The van der Waals surface area contributed by atoms with Crippen LogP contribution in [0.5, 0.6) is 0 Å². The number of aldehydes is 1. The summed E-state index contributed by atoms with van der Waals surface area (Å²) in [6, 6.07) is 0. The molecule has 1 aliphatic heterocycles. The highest BCUT2D eigenvalue weighted by Gasteiger charge is 2.52. The maximum Gasteiger partial charge on any atom is 0.226 e. The molecule has 0 spiro atoms. The van der Waals surface area contributed by atoms with Crippen molar-refractivity contribution < 1.29 is 45.0 Å². The first-order valence-corrected chi connectivity index (χ1v) is 6.67. The summed E-state index contributed by atoms with van der Waals surface area (Å²) in [5, 5.41) is 58.3. The fourth-order valence-electron chi connectivity index (χ4n) is 2.04. The Balaban J connectivity index is 3.24. The summed E-state index contributed by atoms with van der Waals surface area (Å²) in [7, 11) is 0. The molecule has 1 fully saturated rings. The molecule has 9 heteroatoms. The van der Waals surface area contributed by atoms with Crippen LogP contribution < -0.4 is 0 Å². The van der Waals surface area contributed by atoms with Gasteiger partial charge in [-0.1, -0.05) is 6.92 Å². The van der Waals surface area contributed by atoms with E-state index < -0.39 is 54.3 Å². The van der Waals surface area contributed by atoms with E-state index in [-0.39, 0.29) is 12.7 Å². The first-order chi connectivity index (χ1) is 10.2. The van der Waals surface area contributed by atoms with E-state index in [0.29, 0.717) is 6.08 Å². The van der Waals surface area contributed by atoms with Crippen LogP contribution in [-0.4, -0.2) is 85.6 Å². The first kappa shape index (κ1) is 18.8. The van der Waals surface area contributed by atoms with Gasteiger partial charge in [0, 0.05) is 0 Å². The Morgan fingerprint density at radius 3 is 2.45 bits per heavy atom. The van der Waals surface area contributed by atoms with Crippen molar-refractivity contribution in [3.8, 4) is 0 Å². The summed E-state index contributed by atoms with van der Waals surface area (Å²) < 4.78 is 4.81. The van der Waals surface area contributed by atoms with Crippen LogP contribution in [0.4, 0.5) is 0 Å². The minimum atomic E-state index is -2.80. The van der Waals surface area contributed by atoms with Gasteiger partial charge in [0.05, 0.1) is 24.4 Å². The second-order valence-corrected chi connectivity index (χ2v) is 5.04. The number of rotatable bonds is 6. The molecule has 1 heterocycles. The standard InChI is InChI=1S/C13H20O9/c1-2-7(15)8(16)3-6(9(17)4-14)13(21)12(20)11(19)10(18)5-22-13/h3-4,7-8,10-12,15-16,18-21H,2,5H2,1H3/b6-3+. The number of Topliss-reactive ketones (excluding diaryl/α,β-unsaturated/α-hetero) is 1. The third-order valence-corrected chi connectivity index (χ3v) is 3.50. The molecule has 0 saturated carbocycles. The molecule has 6 atom stereocenters. The molecule has 6 N–H and O–H groups in total. The summed E-state index contributed by atoms with van der Waals surface area (Å²) >= 11 is 0. The Hall–Kier alpha value is -1.20. The number of aliphatic hydroxyl groups excluding tert-OH is 5. The van der Waals surface area contributed by atoms with Gasteiger partial charge in [0.2, 0.25) is 11.6 Å². The maximum absolute atomic E-state index is 11.7. The largest absolute Gasteiger partial charge is 0.390 e. The molecule has 6 unspecified atom stereocenters. The zero-order chi connectivity index (χ0) is 17.1. The van der Waals surface area contributed by atoms with E-state index in [1.54, 1.807) is 6.92 Å². The highest BCUT2D eigenvalue weighted by molar-refractivity contribution is 6.33. The lowest BCUT2D eigenvalue weighted by Gasteiger charge is -2.42. The topological polar surface area (TPSA) is 165 Å². The van der Waals surface area contributed by atoms with E-state index in [2.05, 4.69) is 0 Å². The van der Waals surface area contributed by atoms with Crippen LogP contribution in [0.2, 0.25) is 0 Å². The lowest BCUT2D eigenvalue weighted by atomic mass is 9.87. The lowest BCUT2D eigenvalue weighted by molar-refractivity contribution is -0.301. The molecule has 0 bridgehead atoms. The third kappa shape index (κ3) is 3.58. The number of aliphatic hydroxyl groups is 6. The molecule has 126 valence electrons. The number of ketones is 1. The summed E-state index contributed by atoms with van der Waals surface area (Å²) in [6.07, 6.45) is -7.77. The van der Waals surface area contributed by atoms with Crippen LogP contribution in [-0.2, 0) is 14.3 Å². The lowest BCUT2D eigenvalue weighted by Crippen LogP contribution is -2.62. The van der Waals surface area contributed by atoms with E-state index in [0.717, 1.165) is 0 Å². The number of carbonyl (C=O) groups is 2. The van der Waals surface area contributed by atoms with Crippen molar-refractivity contribution in [1.29, 1.82) is 0 Å². The van der Waals surface area contributed by atoms with Gasteiger partial charge < -0.3 is 35.4 Å². The molecule has 0 radical (unpaired) electrons. The summed E-state index contributed by atoms with van der Waals surface area (Å²) in [6.45, 7) is 0.925. The molecule has 0 aromatic rings. The molecule has 22 heavy (non-hydrogen) atoms. The molecular weight excluding hydrogens is 300 g/mol. The average Bonchev–Trinajstić information content (AvgIpc) is 2.52. The van der Waals surface area contributed by atoms with E-state index >= 15 is 0 Å². The number of hydrogen-bond acceptors (Lipinski definition) is 9. The van der Waals surface area contributed by atoms with Crippen molar-refractivity contribution in [3.63, 3.8) is 0 Å². The SMILES string of the molecule is CCC(O)C(O)/C=C(\C(=O)C=O)C1(O)OCC(O)C(O)C1O. The van der Waals surface area contributed by atoms with Gasteiger partial charge in [0.15, 0.2) is 6.29 Å². The summed E-state index contributed by atoms with van der Waals surface area (Å²) in [5.74, 6) is -4.11. The highest BCUT2D eigenvalue weighted by Crippen LogP contribution is 2.31. The molecule has 1 rings (SSSR count). The molecule has 0 aromatic heterocycles. The van der Waals surface area contributed by atoms with Gasteiger partial charge in [-0.25, -0.2) is 0 Å². The minimum absolute atomic E-state index is 0.114. The fraction of sp³-hybridized carbons (Fsp3) is 0.692. The van der Waals surface area contributed by atoms with Crippen molar-refractivity contribution >= 4 is 12.1 Å². The van der Waals surface area contributed by atoms with Crippen LogP contribution in [0.3, 0.4) is 0 Å². The second kappa shape index (κ2) is 7.38. The van der Waals surface area contributed by atoms with Gasteiger partial charge >= 0.3 is 0 Å². The quantitative estimate of drug-likeness (QED) is 0.166. The van der Waals surface area contributed by atoms with Gasteiger partial charge in [-0.05, 0) is 12.5 Å². The average molecular weight is 320 g/mol. The maximum atomic E-state index is 11.7. The van der Waals surface area contributed by atoms with E-state index in [9.17, 15) is 40.2 Å². The summed E-state index contributed by atoms with van der Waals surface area (Å²) in [4.78, 5) is 22.4. The molecule has 0 amide bonds. The second-order valence-electron chi connectivity index (χ2n) is 5.04. The zero-order valence-electron chi connectivity index (χ0n) is 11.9. The van der Waals surface area contributed by atoms with Crippen LogP contribution in [0, 0.1) is 0 Å². The minimum Gasteiger partial charge on any atom is -0.390 e. The molecule has 1 saturated heterocycles. The van der Waals surface area contributed by atoms with Crippen molar-refractivity contribution in [1.82, 2.24) is 0 Å². The van der Waals surface area contributed by atoms with Crippen LogP contribution in [0.1, 0.15) is 13.3 Å². The molecular formula is C13H20O9. The molecule has 0 aliphatic carbocycles. The zero-order valence-corrected chi connectivity index (χ0v) is 11.9. The Labute approximate surface area is 126 Å². The van der Waals surface area contributed by atoms with Crippen LogP contribution >= 0.6 is 0 Å². The number of hydrogen-bond donors (Lipinski definition) is 6. The molecule has 9 nitrogen and oxygen atoms in total. The smallest absolute Gasteiger partial charge is 0.226 e. The predicted molar refractivity (Wildman–Crippen MR) is 70.4 cm³/mol. The van der Waals surface area contributed by atoms with Gasteiger partial charge in [0.25, 0.3) is 0 Å². The Kier molecular flexibility index (Phi) is 6.32. The predicted octanol–water partition coefficient (Wildman–Crippen LogP) is -3.39. The van der Waals surface area contributed by atoms with Crippen molar-refractivity contribution in [2.24, 2.45) is 0 Å². The Morgan fingerprint density at radius 1 is 1.36 bits per heavy atom. The van der Waals surface area contributed by atoms with Gasteiger partial charge in [0.1, 0.15) is 18.3 Å². The summed E-state index contributed by atoms with van der Waals surface area (Å²) in [5.41, 5.74) is -0.832. The van der Waals surface area contributed by atoms with E-state index in [4.69, 9.17) is 4.74 Å². The number of carbonyl (C=O) groups excluding carboxylic acids is 2. The fourth-order valence-corrected chi connectivity index (χ4v) is 2.04. The van der Waals surface area contributed by atoms with Gasteiger partial charge in [-0.2, -0.15) is 0 Å². The third-order valence-electron chi connectivity index (χ3n) is 3.50. The van der Waals surface area contributed by atoms with Gasteiger partial charge in [-0.15, -0.1) is 0 Å². The van der Waals surface area contributed by atoms with Crippen LogP contribution in [0.15, 0.2) is 11.6 Å². The van der Waals surface area contributed by atoms with Crippen molar-refractivity contribution in [3.05, 3.63) is 11.6 Å². The Bertz CT molecular complexity index is 449. The Morgan fingerprint density at radius 2 is 1.95 bits per heavy atom. The highest BCUT2D eigenvalue weighted by atomic mass is 16.6.